The van der Waals surface area contributed by atoms with Gasteiger partial charge in [-0.2, -0.15) is 0 Å². The Morgan fingerprint density at radius 1 is 1.36 bits per heavy atom. The Morgan fingerprint density at radius 3 is 3.04 bits per heavy atom. The van der Waals surface area contributed by atoms with Gasteiger partial charge in [-0.05, 0) is 38.0 Å². The van der Waals surface area contributed by atoms with Crippen LogP contribution in [0.1, 0.15) is 30.1 Å². The van der Waals surface area contributed by atoms with E-state index in [0.717, 1.165) is 36.2 Å². The van der Waals surface area contributed by atoms with Crippen LogP contribution in [-0.4, -0.2) is 31.8 Å². The second-order valence-corrected chi connectivity index (χ2v) is 6.23. The summed E-state index contributed by atoms with van der Waals surface area (Å²) in [5.41, 5.74) is 1.31. The van der Waals surface area contributed by atoms with Crippen molar-refractivity contribution in [1.29, 1.82) is 0 Å². The third-order valence-corrected chi connectivity index (χ3v) is 4.69. The molecule has 6 heteroatoms. The normalized spacial score (nSPS) is 18.3. The molecule has 0 amide bonds. The van der Waals surface area contributed by atoms with Crippen molar-refractivity contribution in [3.05, 3.63) is 46.3 Å². The van der Waals surface area contributed by atoms with Gasteiger partial charge in [-0.1, -0.05) is 0 Å². The van der Waals surface area contributed by atoms with Crippen LogP contribution in [0.2, 0.25) is 0 Å². The molecule has 2 aliphatic heterocycles. The average Bonchev–Trinajstić information content (AvgIpc) is 3.10. The summed E-state index contributed by atoms with van der Waals surface area (Å²) in [5.74, 6) is 0.525. The first-order chi connectivity index (χ1) is 12.2. The number of esters is 1. The van der Waals surface area contributed by atoms with Gasteiger partial charge < -0.3 is 18.8 Å². The summed E-state index contributed by atoms with van der Waals surface area (Å²) in [7, 11) is 0. The Labute approximate surface area is 145 Å². The van der Waals surface area contributed by atoms with Crippen LogP contribution in [0.3, 0.4) is 0 Å². The van der Waals surface area contributed by atoms with Crippen molar-refractivity contribution < 1.29 is 18.7 Å². The molecule has 2 aromatic rings. The molecular weight excluding hydrogens is 322 g/mol. The number of anilines is 1. The summed E-state index contributed by atoms with van der Waals surface area (Å²) in [4.78, 5) is 26.2. The summed E-state index contributed by atoms with van der Waals surface area (Å²) >= 11 is 0. The van der Waals surface area contributed by atoms with Gasteiger partial charge in [0.2, 0.25) is 0 Å². The van der Waals surface area contributed by atoms with Gasteiger partial charge in [0.1, 0.15) is 29.9 Å². The highest BCUT2D eigenvalue weighted by atomic mass is 16.5. The van der Waals surface area contributed by atoms with Gasteiger partial charge in [-0.15, -0.1) is 0 Å². The summed E-state index contributed by atoms with van der Waals surface area (Å²) < 4.78 is 16.2. The van der Waals surface area contributed by atoms with E-state index in [9.17, 15) is 9.59 Å². The maximum atomic E-state index is 12.2. The predicted molar refractivity (Wildman–Crippen MR) is 92.2 cm³/mol. The first-order valence-corrected chi connectivity index (χ1v) is 8.51. The van der Waals surface area contributed by atoms with Crippen molar-refractivity contribution in [3.8, 4) is 17.1 Å². The molecule has 130 valence electrons. The highest BCUT2D eigenvalue weighted by Crippen LogP contribution is 2.40. The Morgan fingerprint density at radius 2 is 2.24 bits per heavy atom. The number of carbonyl (C=O) groups is 1. The lowest BCUT2D eigenvalue weighted by atomic mass is 10.1. The van der Waals surface area contributed by atoms with Crippen LogP contribution in [-0.2, 0) is 4.74 Å². The topological polar surface area (TPSA) is 69.0 Å². The standard InChI is InChI=1S/C19H19NO5/c1-2-23-19(22)14-11-25-17(9-16(14)21)12-5-6-15-18(8-12)24-10-13-4-3-7-20(13)15/h5-6,8-9,11,13H,2-4,7,10H2,1H3/t13-/m1/s1. The molecule has 0 unspecified atom stereocenters. The number of hydrogen-bond acceptors (Lipinski definition) is 6. The molecule has 25 heavy (non-hydrogen) atoms. The molecule has 1 aromatic heterocycles. The second-order valence-electron chi connectivity index (χ2n) is 6.23. The molecule has 1 fully saturated rings. The number of fused-ring (bicyclic) bond motifs is 3. The molecule has 0 N–H and O–H groups in total. The Hall–Kier alpha value is -2.76. The summed E-state index contributed by atoms with van der Waals surface area (Å²) in [5, 5.41) is 0. The molecule has 2 aliphatic rings. The fourth-order valence-corrected chi connectivity index (χ4v) is 3.45. The van der Waals surface area contributed by atoms with E-state index >= 15 is 0 Å². The molecule has 4 rings (SSSR count). The van der Waals surface area contributed by atoms with Crippen molar-refractivity contribution in [3.63, 3.8) is 0 Å². The van der Waals surface area contributed by atoms with Crippen molar-refractivity contribution >= 4 is 11.7 Å². The largest absolute Gasteiger partial charge is 0.489 e. The van der Waals surface area contributed by atoms with Gasteiger partial charge in [0, 0.05) is 18.2 Å². The Bertz CT molecular complexity index is 872. The van der Waals surface area contributed by atoms with Crippen molar-refractivity contribution in [1.82, 2.24) is 0 Å². The van der Waals surface area contributed by atoms with E-state index in [1.165, 1.54) is 12.5 Å². The predicted octanol–water partition coefficient (Wildman–Crippen LogP) is 2.84. The molecule has 0 bridgehead atoms. The van der Waals surface area contributed by atoms with Crippen LogP contribution in [0.15, 0.2) is 39.7 Å². The molecule has 6 nitrogen and oxygen atoms in total. The number of carbonyl (C=O) groups excluding carboxylic acids is 1. The molecule has 0 saturated carbocycles. The Balaban J connectivity index is 1.66. The molecule has 1 atom stereocenters. The van der Waals surface area contributed by atoms with Crippen LogP contribution in [0.4, 0.5) is 5.69 Å². The Kier molecular flexibility index (Phi) is 3.95. The molecule has 1 saturated heterocycles. The third-order valence-electron chi connectivity index (χ3n) is 4.69. The van der Waals surface area contributed by atoms with E-state index in [1.54, 1.807) is 6.92 Å². The van der Waals surface area contributed by atoms with E-state index in [0.29, 0.717) is 18.4 Å². The number of ether oxygens (including phenoxy) is 2. The quantitative estimate of drug-likeness (QED) is 0.800. The zero-order valence-electron chi connectivity index (χ0n) is 14.0. The fourth-order valence-electron chi connectivity index (χ4n) is 3.45. The van der Waals surface area contributed by atoms with Gasteiger partial charge in [0.15, 0.2) is 5.43 Å². The van der Waals surface area contributed by atoms with E-state index in [-0.39, 0.29) is 12.2 Å². The maximum absolute atomic E-state index is 12.2. The first kappa shape index (κ1) is 15.7. The highest BCUT2D eigenvalue weighted by molar-refractivity contribution is 5.89. The molecular formula is C19H19NO5. The summed E-state index contributed by atoms with van der Waals surface area (Å²) in [6, 6.07) is 7.56. The molecule has 1 aromatic carbocycles. The lowest BCUT2D eigenvalue weighted by Crippen LogP contribution is -2.37. The van der Waals surface area contributed by atoms with E-state index in [2.05, 4.69) is 4.90 Å². The van der Waals surface area contributed by atoms with Crippen LogP contribution in [0, 0.1) is 0 Å². The minimum atomic E-state index is -0.670. The fraction of sp³-hybridized carbons (Fsp3) is 0.368. The van der Waals surface area contributed by atoms with Gasteiger partial charge in [-0.25, -0.2) is 4.79 Å². The minimum Gasteiger partial charge on any atom is -0.489 e. The monoisotopic (exact) mass is 341 g/mol. The van der Waals surface area contributed by atoms with Crippen LogP contribution < -0.4 is 15.1 Å². The van der Waals surface area contributed by atoms with Crippen molar-refractivity contribution in [2.75, 3.05) is 24.7 Å². The SMILES string of the molecule is CCOC(=O)c1coc(-c2ccc3c(c2)OC[C@H]2CCCN32)cc1=O. The summed E-state index contributed by atoms with van der Waals surface area (Å²) in [6.07, 6.45) is 3.50. The van der Waals surface area contributed by atoms with E-state index < -0.39 is 11.4 Å². The number of hydrogen-bond donors (Lipinski definition) is 0. The molecule has 0 spiro atoms. The highest BCUT2D eigenvalue weighted by Gasteiger charge is 2.31. The van der Waals surface area contributed by atoms with Gasteiger partial charge in [-0.3, -0.25) is 4.79 Å². The lowest BCUT2D eigenvalue weighted by Gasteiger charge is -2.33. The minimum absolute atomic E-state index is 0.0975. The van der Waals surface area contributed by atoms with Crippen LogP contribution in [0.5, 0.6) is 5.75 Å². The van der Waals surface area contributed by atoms with E-state index in [4.69, 9.17) is 13.9 Å². The first-order valence-electron chi connectivity index (χ1n) is 8.51. The van der Waals surface area contributed by atoms with Gasteiger partial charge >= 0.3 is 5.97 Å². The molecule has 3 heterocycles. The summed E-state index contributed by atoms with van der Waals surface area (Å²) in [6.45, 7) is 3.62. The number of benzene rings is 1. The smallest absolute Gasteiger partial charge is 0.345 e. The number of nitrogens with zero attached hydrogens (tertiary/aromatic N) is 1. The average molecular weight is 341 g/mol. The van der Waals surface area contributed by atoms with Crippen molar-refractivity contribution in [2.24, 2.45) is 0 Å². The maximum Gasteiger partial charge on any atom is 0.345 e. The zero-order valence-corrected chi connectivity index (χ0v) is 14.0. The van der Waals surface area contributed by atoms with E-state index in [1.807, 2.05) is 18.2 Å². The molecule has 0 radical (unpaired) electrons. The molecule has 0 aliphatic carbocycles. The second kappa shape index (κ2) is 6.27. The third kappa shape index (κ3) is 2.77. The lowest BCUT2D eigenvalue weighted by molar-refractivity contribution is 0.0522. The van der Waals surface area contributed by atoms with Gasteiger partial charge in [0.05, 0.1) is 18.3 Å². The van der Waals surface area contributed by atoms with Gasteiger partial charge in [0.25, 0.3) is 0 Å². The van der Waals surface area contributed by atoms with Crippen LogP contribution in [0.25, 0.3) is 11.3 Å². The van der Waals surface area contributed by atoms with Crippen LogP contribution >= 0.6 is 0 Å². The number of rotatable bonds is 3. The zero-order chi connectivity index (χ0) is 17.4. The van der Waals surface area contributed by atoms with Crippen molar-refractivity contribution in [2.45, 2.75) is 25.8 Å².